The Hall–Kier alpha value is -2.54. The van der Waals surface area contributed by atoms with Crippen molar-refractivity contribution in [1.82, 2.24) is 0 Å². The number of sulfonamides is 1. The number of aryl methyl sites for hydroxylation is 1. The molecule has 140 valence electrons. The van der Waals surface area contributed by atoms with Gasteiger partial charge in [-0.25, -0.2) is 8.42 Å². The van der Waals surface area contributed by atoms with Crippen molar-refractivity contribution >= 4 is 27.3 Å². The molecule has 0 fully saturated rings. The number of amides is 1. The molecule has 0 aliphatic rings. The molecule has 0 aliphatic carbocycles. The molecule has 7 heteroatoms. The Morgan fingerprint density at radius 3 is 2.50 bits per heavy atom. The van der Waals surface area contributed by atoms with Crippen molar-refractivity contribution in [1.29, 1.82) is 0 Å². The lowest BCUT2D eigenvalue weighted by atomic mass is 10.2. The zero-order valence-electron chi connectivity index (χ0n) is 15.4. The lowest BCUT2D eigenvalue weighted by Crippen LogP contribution is -2.45. The summed E-state index contributed by atoms with van der Waals surface area (Å²) in [5.41, 5.74) is 1.86. The summed E-state index contributed by atoms with van der Waals surface area (Å²) in [5.74, 6) is 0.0982. The molecule has 26 heavy (non-hydrogen) atoms. The molecule has 1 unspecified atom stereocenters. The van der Waals surface area contributed by atoms with E-state index in [1.807, 2.05) is 19.9 Å². The van der Waals surface area contributed by atoms with Gasteiger partial charge in [0.25, 0.3) is 0 Å². The van der Waals surface area contributed by atoms with E-state index in [4.69, 9.17) is 4.74 Å². The maximum absolute atomic E-state index is 12.7. The molecule has 6 nitrogen and oxygen atoms in total. The van der Waals surface area contributed by atoms with Crippen LogP contribution in [0.25, 0.3) is 0 Å². The van der Waals surface area contributed by atoms with E-state index in [-0.39, 0.29) is 0 Å². The van der Waals surface area contributed by atoms with Crippen molar-refractivity contribution in [2.45, 2.75) is 26.8 Å². The third-order valence-corrected chi connectivity index (χ3v) is 5.03. The highest BCUT2D eigenvalue weighted by Gasteiger charge is 2.29. The summed E-state index contributed by atoms with van der Waals surface area (Å²) in [6, 6.07) is 13.2. The molecule has 0 saturated heterocycles. The average molecular weight is 376 g/mol. The minimum atomic E-state index is -3.65. The van der Waals surface area contributed by atoms with Crippen molar-refractivity contribution in [3.63, 3.8) is 0 Å². The standard InChI is InChI=1S/C19H24N2O4S/c1-5-25-18-12-7-6-11-17(18)20-19(22)15(3)21(26(4,23)24)16-10-8-9-14(2)13-16/h6-13,15H,5H2,1-4H3,(H,20,22). The van der Waals surface area contributed by atoms with Gasteiger partial charge in [-0.15, -0.1) is 0 Å². The van der Waals surface area contributed by atoms with Crippen LogP contribution in [0.4, 0.5) is 11.4 Å². The minimum absolute atomic E-state index is 0.441. The zero-order valence-corrected chi connectivity index (χ0v) is 16.2. The number of benzene rings is 2. The monoisotopic (exact) mass is 376 g/mol. The molecule has 0 aliphatic heterocycles. The number of nitrogens with one attached hydrogen (secondary N) is 1. The molecule has 0 bridgehead atoms. The van der Waals surface area contributed by atoms with Crippen molar-refractivity contribution in [2.75, 3.05) is 22.5 Å². The second-order valence-corrected chi connectivity index (χ2v) is 7.85. The Balaban J connectivity index is 2.32. The van der Waals surface area contributed by atoms with Gasteiger partial charge in [0, 0.05) is 0 Å². The van der Waals surface area contributed by atoms with E-state index in [0.717, 1.165) is 16.1 Å². The smallest absolute Gasteiger partial charge is 0.248 e. The van der Waals surface area contributed by atoms with E-state index in [1.54, 1.807) is 49.4 Å². The van der Waals surface area contributed by atoms with Crippen LogP contribution in [0.15, 0.2) is 48.5 Å². The number of carbonyl (C=O) groups is 1. The first kappa shape index (κ1) is 19.8. The van der Waals surface area contributed by atoms with E-state index in [1.165, 1.54) is 0 Å². The Morgan fingerprint density at radius 1 is 1.19 bits per heavy atom. The Morgan fingerprint density at radius 2 is 1.88 bits per heavy atom. The Labute approximate surface area is 154 Å². The number of hydrogen-bond acceptors (Lipinski definition) is 4. The van der Waals surface area contributed by atoms with E-state index in [2.05, 4.69) is 5.32 Å². The van der Waals surface area contributed by atoms with Crippen LogP contribution in [-0.4, -0.2) is 33.2 Å². The number of carbonyl (C=O) groups excluding carboxylic acids is 1. The second kappa shape index (κ2) is 8.23. The maximum atomic E-state index is 12.7. The number of hydrogen-bond donors (Lipinski definition) is 1. The van der Waals surface area contributed by atoms with Gasteiger partial charge in [0.15, 0.2) is 0 Å². The summed E-state index contributed by atoms with van der Waals surface area (Å²) in [6.45, 7) is 5.74. The number of rotatable bonds is 7. The van der Waals surface area contributed by atoms with Gasteiger partial charge in [-0.05, 0) is 50.6 Å². The van der Waals surface area contributed by atoms with Crippen LogP contribution >= 0.6 is 0 Å². The second-order valence-electron chi connectivity index (χ2n) is 5.99. The highest BCUT2D eigenvalue weighted by atomic mass is 32.2. The van der Waals surface area contributed by atoms with Crippen LogP contribution in [-0.2, 0) is 14.8 Å². The largest absolute Gasteiger partial charge is 0.492 e. The molecular formula is C19H24N2O4S. The van der Waals surface area contributed by atoms with Gasteiger partial charge in [0.05, 0.1) is 24.2 Å². The molecule has 0 aromatic heterocycles. The van der Waals surface area contributed by atoms with Crippen LogP contribution in [0.1, 0.15) is 19.4 Å². The fourth-order valence-corrected chi connectivity index (χ4v) is 3.83. The molecule has 2 aromatic rings. The van der Waals surface area contributed by atoms with Gasteiger partial charge < -0.3 is 10.1 Å². The first-order chi connectivity index (χ1) is 12.2. The molecule has 1 amide bonds. The Bertz CT molecular complexity index is 881. The fourth-order valence-electron chi connectivity index (χ4n) is 2.66. The lowest BCUT2D eigenvalue weighted by molar-refractivity contribution is -0.116. The fraction of sp³-hybridized carbons (Fsp3) is 0.316. The predicted octanol–water partition coefficient (Wildman–Crippen LogP) is 3.19. The summed E-state index contributed by atoms with van der Waals surface area (Å²) in [4.78, 5) is 12.7. The number of para-hydroxylation sites is 2. The van der Waals surface area contributed by atoms with E-state index >= 15 is 0 Å². The SMILES string of the molecule is CCOc1ccccc1NC(=O)C(C)N(c1cccc(C)c1)S(C)(=O)=O. The molecule has 0 radical (unpaired) electrons. The number of anilines is 2. The molecule has 0 saturated carbocycles. The van der Waals surface area contributed by atoms with E-state index < -0.39 is 22.0 Å². The number of nitrogens with zero attached hydrogens (tertiary/aromatic N) is 1. The lowest BCUT2D eigenvalue weighted by Gasteiger charge is -2.28. The highest BCUT2D eigenvalue weighted by molar-refractivity contribution is 7.92. The van der Waals surface area contributed by atoms with Crippen molar-refractivity contribution < 1.29 is 17.9 Å². The summed E-state index contributed by atoms with van der Waals surface area (Å²) in [7, 11) is -3.65. The van der Waals surface area contributed by atoms with Gasteiger partial charge in [0.2, 0.25) is 15.9 Å². The van der Waals surface area contributed by atoms with Gasteiger partial charge in [-0.2, -0.15) is 0 Å². The van der Waals surface area contributed by atoms with Crippen LogP contribution in [0, 0.1) is 6.92 Å². The zero-order chi connectivity index (χ0) is 19.3. The van der Waals surface area contributed by atoms with Crippen LogP contribution in [0.2, 0.25) is 0 Å². The first-order valence-electron chi connectivity index (χ1n) is 8.32. The van der Waals surface area contributed by atoms with E-state index in [0.29, 0.717) is 23.7 Å². The topological polar surface area (TPSA) is 75.7 Å². The molecule has 0 heterocycles. The first-order valence-corrected chi connectivity index (χ1v) is 10.2. The quantitative estimate of drug-likeness (QED) is 0.805. The normalized spacial score (nSPS) is 12.3. The predicted molar refractivity (Wildman–Crippen MR) is 104 cm³/mol. The summed E-state index contributed by atoms with van der Waals surface area (Å²) in [5, 5.41) is 2.76. The van der Waals surface area contributed by atoms with Crippen LogP contribution < -0.4 is 14.4 Å². The molecule has 2 aromatic carbocycles. The van der Waals surface area contributed by atoms with Gasteiger partial charge in [-0.3, -0.25) is 9.10 Å². The van der Waals surface area contributed by atoms with Gasteiger partial charge in [-0.1, -0.05) is 24.3 Å². The summed E-state index contributed by atoms with van der Waals surface area (Å²) < 4.78 is 31.3. The van der Waals surface area contributed by atoms with Crippen molar-refractivity contribution in [3.8, 4) is 5.75 Å². The summed E-state index contributed by atoms with van der Waals surface area (Å²) >= 11 is 0. The molecule has 0 spiro atoms. The average Bonchev–Trinajstić information content (AvgIpc) is 2.55. The van der Waals surface area contributed by atoms with Gasteiger partial charge >= 0.3 is 0 Å². The van der Waals surface area contributed by atoms with Crippen LogP contribution in [0.5, 0.6) is 5.75 Å². The van der Waals surface area contributed by atoms with E-state index in [9.17, 15) is 13.2 Å². The minimum Gasteiger partial charge on any atom is -0.492 e. The highest BCUT2D eigenvalue weighted by Crippen LogP contribution is 2.26. The Kier molecular flexibility index (Phi) is 6.26. The third-order valence-electron chi connectivity index (χ3n) is 3.79. The number of ether oxygens (including phenoxy) is 1. The van der Waals surface area contributed by atoms with Crippen LogP contribution in [0.3, 0.4) is 0 Å². The van der Waals surface area contributed by atoms with Gasteiger partial charge in [0.1, 0.15) is 11.8 Å². The summed E-state index contributed by atoms with van der Waals surface area (Å²) in [6.07, 6.45) is 1.09. The molecule has 1 atom stereocenters. The molecule has 1 N–H and O–H groups in total. The molecular weight excluding hydrogens is 352 g/mol. The third kappa shape index (κ3) is 4.76. The van der Waals surface area contributed by atoms with Crippen molar-refractivity contribution in [2.24, 2.45) is 0 Å². The van der Waals surface area contributed by atoms with Crippen molar-refractivity contribution in [3.05, 3.63) is 54.1 Å². The maximum Gasteiger partial charge on any atom is 0.248 e. The molecule has 2 rings (SSSR count).